The summed E-state index contributed by atoms with van der Waals surface area (Å²) in [5.41, 5.74) is 4.76. The van der Waals surface area contributed by atoms with E-state index in [2.05, 4.69) is 29.8 Å². The summed E-state index contributed by atoms with van der Waals surface area (Å²) in [5, 5.41) is 3.57. The van der Waals surface area contributed by atoms with Gasteiger partial charge in [-0.2, -0.15) is 0 Å². The lowest BCUT2D eigenvalue weighted by molar-refractivity contribution is 0.0937. The summed E-state index contributed by atoms with van der Waals surface area (Å²) in [4.78, 5) is 17.5. The number of aryl methyl sites for hydroxylation is 2. The summed E-state index contributed by atoms with van der Waals surface area (Å²) in [7, 11) is 0. The average molecular weight is 448 g/mol. The highest BCUT2D eigenvalue weighted by molar-refractivity contribution is 6.30. The Hall–Kier alpha value is -3.31. The van der Waals surface area contributed by atoms with Crippen molar-refractivity contribution >= 4 is 28.5 Å². The Morgan fingerprint density at radius 1 is 1.06 bits per heavy atom. The van der Waals surface area contributed by atoms with E-state index in [9.17, 15) is 4.79 Å². The highest BCUT2D eigenvalue weighted by Gasteiger charge is 2.19. The van der Waals surface area contributed by atoms with Gasteiger partial charge in [0.05, 0.1) is 23.6 Å². The topological polar surface area (TPSA) is 56.1 Å². The van der Waals surface area contributed by atoms with E-state index in [1.165, 1.54) is 11.1 Å². The Labute approximate surface area is 193 Å². The van der Waals surface area contributed by atoms with Gasteiger partial charge in [-0.3, -0.25) is 4.79 Å². The van der Waals surface area contributed by atoms with Crippen molar-refractivity contribution in [2.75, 3.05) is 6.61 Å². The number of aromatic nitrogens is 2. The molecule has 1 heterocycles. The van der Waals surface area contributed by atoms with E-state index in [0.717, 1.165) is 22.6 Å². The predicted octanol–water partition coefficient (Wildman–Crippen LogP) is 5.88. The monoisotopic (exact) mass is 447 g/mol. The number of amides is 1. The average Bonchev–Trinajstić information content (AvgIpc) is 3.12. The van der Waals surface area contributed by atoms with Crippen LogP contribution in [0.25, 0.3) is 11.0 Å². The highest BCUT2D eigenvalue weighted by atomic mass is 35.5. The van der Waals surface area contributed by atoms with Crippen LogP contribution in [0.1, 0.15) is 40.3 Å². The molecule has 1 atom stereocenters. The van der Waals surface area contributed by atoms with Crippen LogP contribution in [0.15, 0.2) is 66.7 Å². The quantitative estimate of drug-likeness (QED) is 0.385. The van der Waals surface area contributed by atoms with Gasteiger partial charge < -0.3 is 14.6 Å². The summed E-state index contributed by atoms with van der Waals surface area (Å²) < 4.78 is 8.15. The molecule has 1 unspecified atom stereocenters. The van der Waals surface area contributed by atoms with Crippen molar-refractivity contribution in [1.29, 1.82) is 0 Å². The zero-order valence-corrected chi connectivity index (χ0v) is 19.2. The molecule has 5 nitrogen and oxygen atoms in total. The Morgan fingerprint density at radius 3 is 2.56 bits per heavy atom. The lowest BCUT2D eigenvalue weighted by atomic mass is 10.1. The normalized spacial score (nSPS) is 12.0. The molecule has 3 aromatic carbocycles. The van der Waals surface area contributed by atoms with Gasteiger partial charge in [-0.15, -0.1) is 0 Å². The van der Waals surface area contributed by atoms with Gasteiger partial charge >= 0.3 is 0 Å². The highest BCUT2D eigenvalue weighted by Crippen LogP contribution is 2.22. The lowest BCUT2D eigenvalue weighted by Gasteiger charge is -2.17. The maximum atomic E-state index is 12.7. The van der Waals surface area contributed by atoms with Gasteiger partial charge in [0, 0.05) is 10.6 Å². The van der Waals surface area contributed by atoms with Crippen molar-refractivity contribution in [1.82, 2.24) is 14.9 Å². The summed E-state index contributed by atoms with van der Waals surface area (Å²) in [6.07, 6.45) is 0. The zero-order valence-electron chi connectivity index (χ0n) is 18.4. The van der Waals surface area contributed by atoms with Crippen molar-refractivity contribution < 1.29 is 9.53 Å². The number of nitrogens with zero attached hydrogens (tertiary/aromatic N) is 2. The van der Waals surface area contributed by atoms with Gasteiger partial charge in [-0.1, -0.05) is 35.9 Å². The Bertz CT molecular complexity index is 1240. The van der Waals surface area contributed by atoms with E-state index in [1.54, 1.807) is 24.3 Å². The first-order valence-corrected chi connectivity index (χ1v) is 11.0. The Balaban J connectivity index is 1.54. The molecule has 0 aliphatic rings. The van der Waals surface area contributed by atoms with Crippen molar-refractivity contribution in [2.45, 2.75) is 33.4 Å². The van der Waals surface area contributed by atoms with Crippen LogP contribution in [-0.4, -0.2) is 22.1 Å². The number of imidazole rings is 1. The molecule has 0 spiro atoms. The molecule has 164 valence electrons. The number of hydrogen-bond acceptors (Lipinski definition) is 3. The van der Waals surface area contributed by atoms with Gasteiger partial charge in [-0.25, -0.2) is 4.98 Å². The molecular formula is C26H26ClN3O2. The number of carbonyl (C=O) groups excluding carboxylic acids is 1. The van der Waals surface area contributed by atoms with Crippen LogP contribution in [0.2, 0.25) is 5.02 Å². The standard InChI is InChI=1S/C26H26ClN3O2/c1-17-13-18(2)15-22(14-17)32-12-11-30-24-10-5-4-9-23(24)29-25(30)19(3)28-26(31)20-7-6-8-21(27)16-20/h4-10,13-16,19H,11-12H2,1-3H3,(H,28,31). The van der Waals surface area contributed by atoms with Gasteiger partial charge in [0.1, 0.15) is 18.2 Å². The second kappa shape index (κ2) is 9.45. The molecule has 0 fully saturated rings. The van der Waals surface area contributed by atoms with E-state index >= 15 is 0 Å². The molecule has 1 amide bonds. The Kier molecular flexibility index (Phi) is 6.47. The third kappa shape index (κ3) is 4.94. The zero-order chi connectivity index (χ0) is 22.7. The van der Waals surface area contributed by atoms with Crippen molar-refractivity contribution in [3.63, 3.8) is 0 Å². The molecule has 4 aromatic rings. The molecular weight excluding hydrogens is 422 g/mol. The van der Waals surface area contributed by atoms with Crippen molar-refractivity contribution in [2.24, 2.45) is 0 Å². The molecule has 1 N–H and O–H groups in total. The maximum absolute atomic E-state index is 12.7. The number of carbonyl (C=O) groups is 1. The summed E-state index contributed by atoms with van der Waals surface area (Å²) in [6, 6.07) is 20.8. The molecule has 4 rings (SSSR count). The summed E-state index contributed by atoms with van der Waals surface area (Å²) >= 11 is 6.04. The fourth-order valence-electron chi connectivity index (χ4n) is 3.90. The number of ether oxygens (including phenoxy) is 1. The first-order valence-electron chi connectivity index (χ1n) is 10.6. The summed E-state index contributed by atoms with van der Waals surface area (Å²) in [6.45, 7) is 7.16. The third-order valence-corrected chi connectivity index (χ3v) is 5.52. The molecule has 0 saturated carbocycles. The molecule has 32 heavy (non-hydrogen) atoms. The fourth-order valence-corrected chi connectivity index (χ4v) is 4.10. The molecule has 0 aliphatic carbocycles. The smallest absolute Gasteiger partial charge is 0.251 e. The van der Waals surface area contributed by atoms with Crippen LogP contribution < -0.4 is 10.1 Å². The maximum Gasteiger partial charge on any atom is 0.251 e. The minimum Gasteiger partial charge on any atom is -0.492 e. The van der Waals surface area contributed by atoms with Crippen molar-refractivity contribution in [3.8, 4) is 5.75 Å². The number of para-hydroxylation sites is 2. The van der Waals surface area contributed by atoms with E-state index in [4.69, 9.17) is 21.3 Å². The minimum absolute atomic E-state index is 0.190. The van der Waals surface area contributed by atoms with Gasteiger partial charge in [0.2, 0.25) is 0 Å². The van der Waals surface area contributed by atoms with Crippen molar-refractivity contribution in [3.05, 3.63) is 94.3 Å². The first kappa shape index (κ1) is 21.9. The van der Waals surface area contributed by atoms with E-state index in [1.807, 2.05) is 43.3 Å². The molecule has 0 aliphatic heterocycles. The second-order valence-corrected chi connectivity index (χ2v) is 8.42. The van der Waals surface area contributed by atoms with Gasteiger partial charge in [0.15, 0.2) is 0 Å². The SMILES string of the molecule is Cc1cc(C)cc(OCCn2c(C(C)NC(=O)c3cccc(Cl)c3)nc3ccccc32)c1. The number of fused-ring (bicyclic) bond motifs is 1. The van der Waals surface area contributed by atoms with Gasteiger partial charge in [0.25, 0.3) is 5.91 Å². The van der Waals surface area contributed by atoms with Crippen LogP contribution in [0.5, 0.6) is 5.75 Å². The number of halogens is 1. The van der Waals surface area contributed by atoms with Crippen LogP contribution in [0, 0.1) is 13.8 Å². The van der Waals surface area contributed by atoms with E-state index in [0.29, 0.717) is 23.7 Å². The largest absolute Gasteiger partial charge is 0.492 e. The Morgan fingerprint density at radius 2 is 1.81 bits per heavy atom. The minimum atomic E-state index is -0.296. The molecule has 6 heteroatoms. The molecule has 1 aromatic heterocycles. The third-order valence-electron chi connectivity index (χ3n) is 5.28. The molecule has 0 radical (unpaired) electrons. The number of benzene rings is 3. The lowest BCUT2D eigenvalue weighted by Crippen LogP contribution is -2.29. The second-order valence-electron chi connectivity index (χ2n) is 7.99. The molecule has 0 bridgehead atoms. The predicted molar refractivity (Wildman–Crippen MR) is 128 cm³/mol. The van der Waals surface area contributed by atoms with Crippen LogP contribution >= 0.6 is 11.6 Å². The first-order chi connectivity index (χ1) is 15.4. The van der Waals surface area contributed by atoms with Crippen LogP contribution in [0.3, 0.4) is 0 Å². The summed E-state index contributed by atoms with van der Waals surface area (Å²) in [5.74, 6) is 1.45. The van der Waals surface area contributed by atoms with E-state index in [-0.39, 0.29) is 11.9 Å². The fraction of sp³-hybridized carbons (Fsp3) is 0.231. The number of hydrogen-bond donors (Lipinski definition) is 1. The number of nitrogens with one attached hydrogen (secondary N) is 1. The van der Waals surface area contributed by atoms with Gasteiger partial charge in [-0.05, 0) is 74.4 Å². The van der Waals surface area contributed by atoms with E-state index < -0.39 is 0 Å². The van der Waals surface area contributed by atoms with Crippen LogP contribution in [-0.2, 0) is 6.54 Å². The number of rotatable bonds is 7. The molecule has 0 saturated heterocycles. The van der Waals surface area contributed by atoms with Crippen LogP contribution in [0.4, 0.5) is 0 Å².